The van der Waals surface area contributed by atoms with Gasteiger partial charge in [0.05, 0.1) is 23.2 Å². The van der Waals surface area contributed by atoms with Gasteiger partial charge in [-0.25, -0.2) is 4.98 Å². The number of rotatable bonds is 3. The second-order valence-corrected chi connectivity index (χ2v) is 9.06. The van der Waals surface area contributed by atoms with Gasteiger partial charge in [-0.3, -0.25) is 19.2 Å². The second kappa shape index (κ2) is 8.59. The number of para-hydroxylation sites is 1. The fourth-order valence-corrected chi connectivity index (χ4v) is 5.09. The van der Waals surface area contributed by atoms with Gasteiger partial charge in [0.1, 0.15) is 0 Å². The minimum absolute atomic E-state index is 0.0116. The van der Waals surface area contributed by atoms with Crippen molar-refractivity contribution in [2.45, 2.75) is 26.7 Å². The molecule has 1 saturated heterocycles. The van der Waals surface area contributed by atoms with Crippen LogP contribution in [0.25, 0.3) is 11.0 Å². The molecule has 0 aliphatic carbocycles. The zero-order chi connectivity index (χ0) is 23.1. The van der Waals surface area contributed by atoms with Crippen molar-refractivity contribution in [3.8, 4) is 0 Å². The average Bonchev–Trinajstić information content (AvgIpc) is 3.11. The number of fused-ring (bicyclic) bond motifs is 2. The number of pyridine rings is 1. The van der Waals surface area contributed by atoms with E-state index < -0.39 is 0 Å². The van der Waals surface area contributed by atoms with Crippen LogP contribution < -0.4 is 4.90 Å². The molecule has 0 spiro atoms. The summed E-state index contributed by atoms with van der Waals surface area (Å²) in [7, 11) is 1.85. The Balaban J connectivity index is 1.25. The van der Waals surface area contributed by atoms with Gasteiger partial charge in [-0.1, -0.05) is 18.2 Å². The Kier molecular flexibility index (Phi) is 5.62. The van der Waals surface area contributed by atoms with Gasteiger partial charge in [-0.15, -0.1) is 0 Å². The molecule has 1 aromatic carbocycles. The van der Waals surface area contributed by atoms with Gasteiger partial charge in [0.25, 0.3) is 5.91 Å². The molecule has 0 unspecified atom stereocenters. The minimum Gasteiger partial charge on any atom is -0.336 e. The van der Waals surface area contributed by atoms with E-state index in [-0.39, 0.29) is 11.8 Å². The fraction of sp³-hybridized carbons (Fsp3) is 0.440. The summed E-state index contributed by atoms with van der Waals surface area (Å²) in [5.74, 6) is 0.150. The summed E-state index contributed by atoms with van der Waals surface area (Å²) in [6.45, 7) is 7.56. The van der Waals surface area contributed by atoms with Gasteiger partial charge in [0.2, 0.25) is 5.91 Å². The van der Waals surface area contributed by atoms with E-state index in [9.17, 15) is 9.59 Å². The molecule has 33 heavy (non-hydrogen) atoms. The van der Waals surface area contributed by atoms with Crippen molar-refractivity contribution < 1.29 is 9.59 Å². The number of carbonyl (C=O) groups is 2. The van der Waals surface area contributed by atoms with E-state index in [1.165, 1.54) is 5.56 Å². The molecule has 2 aliphatic rings. The maximum Gasteiger partial charge on any atom is 0.254 e. The van der Waals surface area contributed by atoms with E-state index in [1.54, 1.807) is 4.68 Å². The highest BCUT2D eigenvalue weighted by molar-refractivity contribution is 6.06. The molecule has 3 aromatic rings. The van der Waals surface area contributed by atoms with Crippen LogP contribution in [-0.4, -0.2) is 75.6 Å². The molecule has 2 amide bonds. The van der Waals surface area contributed by atoms with Crippen molar-refractivity contribution >= 4 is 28.5 Å². The van der Waals surface area contributed by atoms with Crippen LogP contribution in [-0.2, 0) is 18.3 Å². The summed E-state index contributed by atoms with van der Waals surface area (Å²) in [5, 5.41) is 5.29. The summed E-state index contributed by atoms with van der Waals surface area (Å²) in [6, 6.07) is 10.1. The Morgan fingerprint density at radius 2 is 1.79 bits per heavy atom. The molecule has 8 nitrogen and oxygen atoms in total. The number of hydrogen-bond acceptors (Lipinski definition) is 5. The zero-order valence-electron chi connectivity index (χ0n) is 19.5. The summed E-state index contributed by atoms with van der Waals surface area (Å²) < 4.78 is 1.73. The number of carbonyl (C=O) groups excluding carboxylic acids is 2. The number of benzene rings is 1. The van der Waals surface area contributed by atoms with Crippen molar-refractivity contribution in [1.29, 1.82) is 0 Å². The van der Waals surface area contributed by atoms with E-state index in [1.807, 2.05) is 55.0 Å². The van der Waals surface area contributed by atoms with Crippen molar-refractivity contribution in [2.24, 2.45) is 7.05 Å². The molecule has 0 atom stereocenters. The number of nitrogens with zero attached hydrogens (tertiary/aromatic N) is 6. The Labute approximate surface area is 193 Å². The highest BCUT2D eigenvalue weighted by atomic mass is 16.2. The van der Waals surface area contributed by atoms with Crippen LogP contribution in [0, 0.1) is 13.8 Å². The molecule has 0 N–H and O–H groups in total. The predicted molar refractivity (Wildman–Crippen MR) is 127 cm³/mol. The number of anilines is 1. The van der Waals surface area contributed by atoms with Crippen molar-refractivity contribution in [3.63, 3.8) is 0 Å². The normalized spacial score (nSPS) is 16.8. The lowest BCUT2D eigenvalue weighted by molar-refractivity contribution is -0.120. The zero-order valence-corrected chi connectivity index (χ0v) is 19.5. The third-order valence-corrected chi connectivity index (χ3v) is 6.76. The van der Waals surface area contributed by atoms with E-state index in [2.05, 4.69) is 21.0 Å². The van der Waals surface area contributed by atoms with E-state index in [0.717, 1.165) is 47.5 Å². The molecule has 1 fully saturated rings. The van der Waals surface area contributed by atoms with E-state index >= 15 is 0 Å². The molecule has 0 bridgehead atoms. The fourth-order valence-electron chi connectivity index (χ4n) is 5.09. The molecule has 4 heterocycles. The van der Waals surface area contributed by atoms with Crippen molar-refractivity contribution in [2.75, 3.05) is 44.2 Å². The average molecular weight is 447 g/mol. The third kappa shape index (κ3) is 3.99. The summed E-state index contributed by atoms with van der Waals surface area (Å²) in [4.78, 5) is 37.0. The lowest BCUT2D eigenvalue weighted by Gasteiger charge is -2.36. The van der Waals surface area contributed by atoms with Crippen LogP contribution in [0.4, 0.5) is 5.69 Å². The Bertz CT molecular complexity index is 1230. The second-order valence-electron chi connectivity index (χ2n) is 9.06. The molecule has 0 radical (unpaired) electrons. The van der Waals surface area contributed by atoms with Crippen LogP contribution in [0.2, 0.25) is 0 Å². The molecular formula is C25H30N6O2. The summed E-state index contributed by atoms with van der Waals surface area (Å²) in [5.41, 5.74) is 5.32. The van der Waals surface area contributed by atoms with Gasteiger partial charge in [0.15, 0.2) is 5.65 Å². The van der Waals surface area contributed by atoms with Gasteiger partial charge in [-0.05, 0) is 44.4 Å². The number of aromatic nitrogens is 3. The van der Waals surface area contributed by atoms with Crippen LogP contribution in [0.15, 0.2) is 30.3 Å². The molecular weight excluding hydrogens is 416 g/mol. The van der Waals surface area contributed by atoms with Gasteiger partial charge >= 0.3 is 0 Å². The van der Waals surface area contributed by atoms with Crippen LogP contribution in [0.3, 0.4) is 0 Å². The molecule has 8 heteroatoms. The first-order valence-corrected chi connectivity index (χ1v) is 11.6. The topological polar surface area (TPSA) is 74.6 Å². The monoisotopic (exact) mass is 446 g/mol. The molecule has 0 saturated carbocycles. The van der Waals surface area contributed by atoms with E-state index in [0.29, 0.717) is 38.3 Å². The Morgan fingerprint density at radius 1 is 1.03 bits per heavy atom. The predicted octanol–water partition coefficient (Wildman–Crippen LogP) is 2.32. The number of amides is 2. The highest BCUT2D eigenvalue weighted by Crippen LogP contribution is 2.27. The number of piperazine rings is 1. The maximum atomic E-state index is 13.4. The van der Waals surface area contributed by atoms with Crippen LogP contribution >= 0.6 is 0 Å². The molecule has 2 aromatic heterocycles. The van der Waals surface area contributed by atoms with Crippen molar-refractivity contribution in [1.82, 2.24) is 24.6 Å². The van der Waals surface area contributed by atoms with Gasteiger partial charge in [0, 0.05) is 51.2 Å². The molecule has 5 rings (SSSR count). The summed E-state index contributed by atoms with van der Waals surface area (Å²) >= 11 is 0. The van der Waals surface area contributed by atoms with Crippen LogP contribution in [0.5, 0.6) is 0 Å². The smallest absolute Gasteiger partial charge is 0.254 e. The van der Waals surface area contributed by atoms with E-state index in [4.69, 9.17) is 0 Å². The lowest BCUT2D eigenvalue weighted by atomic mass is 10.0. The van der Waals surface area contributed by atoms with Gasteiger partial charge < -0.3 is 9.80 Å². The Morgan fingerprint density at radius 3 is 2.58 bits per heavy atom. The number of aryl methyl sites for hydroxylation is 4. The lowest BCUT2D eigenvalue weighted by Crippen LogP contribution is -2.52. The highest BCUT2D eigenvalue weighted by Gasteiger charge is 2.28. The quantitative estimate of drug-likeness (QED) is 0.617. The van der Waals surface area contributed by atoms with Crippen LogP contribution in [0.1, 0.15) is 33.7 Å². The number of hydrogen-bond donors (Lipinski definition) is 0. The SMILES string of the molecule is Cc1cc(C(=O)N2CCN(CC(=O)N3CCCc4ccccc43)CC2)c2c(C)nn(C)c2n1. The standard InChI is InChI=1S/C25H30N6O2/c1-17-15-20(23-18(2)27-28(3)24(23)26-17)25(33)30-13-11-29(12-14-30)16-22(32)31-10-6-8-19-7-4-5-9-21(19)31/h4-5,7,9,15H,6,8,10-14,16H2,1-3H3. The maximum absolute atomic E-state index is 13.4. The Hall–Kier alpha value is -3.26. The third-order valence-electron chi connectivity index (χ3n) is 6.76. The first-order chi connectivity index (χ1) is 15.9. The summed E-state index contributed by atoms with van der Waals surface area (Å²) in [6.07, 6.45) is 2.03. The van der Waals surface area contributed by atoms with Crippen molar-refractivity contribution in [3.05, 3.63) is 52.8 Å². The van der Waals surface area contributed by atoms with Gasteiger partial charge in [-0.2, -0.15) is 5.10 Å². The largest absolute Gasteiger partial charge is 0.336 e. The first kappa shape index (κ1) is 21.6. The molecule has 172 valence electrons. The first-order valence-electron chi connectivity index (χ1n) is 11.6. The minimum atomic E-state index is 0.0116. The molecule has 2 aliphatic heterocycles.